The lowest BCUT2D eigenvalue weighted by molar-refractivity contribution is 0.554. The molecule has 1 aromatic rings. The normalized spacial score (nSPS) is 22.1. The van der Waals surface area contributed by atoms with Crippen molar-refractivity contribution >= 4 is 11.3 Å². The highest BCUT2D eigenvalue weighted by molar-refractivity contribution is 7.11. The molecule has 17 heavy (non-hydrogen) atoms. The fraction of sp³-hybridized carbons (Fsp3) is 0.786. The van der Waals surface area contributed by atoms with Crippen molar-refractivity contribution in [2.45, 2.75) is 53.5 Å². The SMILES string of the molecule is Cc1nc(C2CC2(C)C)sc1CNCC(C)C. The Morgan fingerprint density at radius 1 is 1.47 bits per heavy atom. The summed E-state index contributed by atoms with van der Waals surface area (Å²) in [7, 11) is 0. The van der Waals surface area contributed by atoms with Crippen molar-refractivity contribution in [1.82, 2.24) is 10.3 Å². The molecular weight excluding hydrogens is 228 g/mol. The van der Waals surface area contributed by atoms with Gasteiger partial charge in [-0.3, -0.25) is 0 Å². The molecule has 1 aromatic heterocycles. The van der Waals surface area contributed by atoms with Crippen LogP contribution in [0.4, 0.5) is 0 Å². The third-order valence-electron chi connectivity index (χ3n) is 3.56. The number of rotatable bonds is 5. The molecule has 0 aliphatic heterocycles. The smallest absolute Gasteiger partial charge is 0.0967 e. The summed E-state index contributed by atoms with van der Waals surface area (Å²) in [6.07, 6.45) is 1.30. The maximum Gasteiger partial charge on any atom is 0.0967 e. The predicted molar refractivity (Wildman–Crippen MR) is 74.5 cm³/mol. The van der Waals surface area contributed by atoms with Gasteiger partial charge in [-0.1, -0.05) is 27.7 Å². The van der Waals surface area contributed by atoms with Crippen LogP contribution in [0, 0.1) is 18.3 Å². The van der Waals surface area contributed by atoms with Gasteiger partial charge in [0.15, 0.2) is 0 Å². The third kappa shape index (κ3) is 3.08. The fourth-order valence-electron chi connectivity index (χ4n) is 2.13. The van der Waals surface area contributed by atoms with Gasteiger partial charge in [0.1, 0.15) is 0 Å². The lowest BCUT2D eigenvalue weighted by Gasteiger charge is -2.05. The second-order valence-electron chi connectivity index (χ2n) is 6.33. The zero-order valence-electron chi connectivity index (χ0n) is 11.6. The van der Waals surface area contributed by atoms with Crippen LogP contribution < -0.4 is 5.32 Å². The molecule has 1 N–H and O–H groups in total. The van der Waals surface area contributed by atoms with Crippen molar-refractivity contribution in [2.24, 2.45) is 11.3 Å². The first-order valence-corrected chi connectivity index (χ1v) is 7.38. The lowest BCUT2D eigenvalue weighted by atomic mass is 10.1. The van der Waals surface area contributed by atoms with E-state index in [4.69, 9.17) is 4.98 Å². The molecule has 0 bridgehead atoms. The molecule has 1 fully saturated rings. The highest BCUT2D eigenvalue weighted by atomic mass is 32.1. The molecule has 3 heteroatoms. The average Bonchev–Trinajstić information content (AvgIpc) is 2.67. The first-order valence-electron chi connectivity index (χ1n) is 6.57. The van der Waals surface area contributed by atoms with Gasteiger partial charge in [0.25, 0.3) is 0 Å². The number of aryl methyl sites for hydroxylation is 1. The molecule has 96 valence electrons. The Kier molecular flexibility index (Phi) is 3.60. The fourth-order valence-corrected chi connectivity index (χ4v) is 3.47. The van der Waals surface area contributed by atoms with Gasteiger partial charge in [0.2, 0.25) is 0 Å². The largest absolute Gasteiger partial charge is 0.312 e. The van der Waals surface area contributed by atoms with Gasteiger partial charge in [0.05, 0.1) is 10.7 Å². The lowest BCUT2D eigenvalue weighted by Crippen LogP contribution is -2.18. The monoisotopic (exact) mass is 252 g/mol. The van der Waals surface area contributed by atoms with Gasteiger partial charge < -0.3 is 5.32 Å². The molecule has 0 radical (unpaired) electrons. The first kappa shape index (κ1) is 13.0. The summed E-state index contributed by atoms with van der Waals surface area (Å²) in [6, 6.07) is 0. The van der Waals surface area contributed by atoms with E-state index in [0.717, 1.165) is 13.1 Å². The average molecular weight is 252 g/mol. The Morgan fingerprint density at radius 3 is 2.65 bits per heavy atom. The van der Waals surface area contributed by atoms with Gasteiger partial charge >= 0.3 is 0 Å². The van der Waals surface area contributed by atoms with Crippen molar-refractivity contribution in [3.05, 3.63) is 15.6 Å². The van der Waals surface area contributed by atoms with E-state index < -0.39 is 0 Å². The van der Waals surface area contributed by atoms with Crippen LogP contribution in [-0.2, 0) is 6.54 Å². The maximum absolute atomic E-state index is 4.74. The molecule has 2 rings (SSSR count). The minimum atomic E-state index is 0.493. The van der Waals surface area contributed by atoms with E-state index in [1.54, 1.807) is 0 Å². The van der Waals surface area contributed by atoms with Crippen molar-refractivity contribution < 1.29 is 0 Å². The number of nitrogens with one attached hydrogen (secondary N) is 1. The van der Waals surface area contributed by atoms with Crippen LogP contribution >= 0.6 is 11.3 Å². The maximum atomic E-state index is 4.74. The number of nitrogens with zero attached hydrogens (tertiary/aromatic N) is 1. The molecule has 1 aliphatic carbocycles. The first-order chi connectivity index (χ1) is 7.90. The Labute approximate surface area is 109 Å². The van der Waals surface area contributed by atoms with Crippen molar-refractivity contribution in [3.63, 3.8) is 0 Å². The summed E-state index contributed by atoms with van der Waals surface area (Å²) in [4.78, 5) is 6.16. The molecule has 0 aromatic carbocycles. The highest BCUT2D eigenvalue weighted by Gasteiger charge is 2.48. The van der Waals surface area contributed by atoms with Crippen LogP contribution in [0.3, 0.4) is 0 Å². The zero-order chi connectivity index (χ0) is 12.6. The van der Waals surface area contributed by atoms with E-state index in [9.17, 15) is 0 Å². The van der Waals surface area contributed by atoms with Crippen LogP contribution in [0.15, 0.2) is 0 Å². The van der Waals surface area contributed by atoms with E-state index >= 15 is 0 Å². The zero-order valence-corrected chi connectivity index (χ0v) is 12.4. The molecular formula is C14H24N2S. The second kappa shape index (κ2) is 4.69. The molecule has 1 heterocycles. The van der Waals surface area contributed by atoms with Crippen LogP contribution in [0.5, 0.6) is 0 Å². The Balaban J connectivity index is 1.95. The molecule has 1 saturated carbocycles. The standard InChI is InChI=1S/C14H24N2S/c1-9(2)7-15-8-12-10(3)16-13(17-12)11-6-14(11,4)5/h9,11,15H,6-8H2,1-5H3. The molecule has 1 unspecified atom stereocenters. The van der Waals surface area contributed by atoms with Gasteiger partial charge in [-0.05, 0) is 31.2 Å². The van der Waals surface area contributed by atoms with Crippen molar-refractivity contribution in [2.75, 3.05) is 6.54 Å². The van der Waals surface area contributed by atoms with E-state index in [0.29, 0.717) is 17.3 Å². The quantitative estimate of drug-likeness (QED) is 0.864. The van der Waals surface area contributed by atoms with Gasteiger partial charge in [-0.15, -0.1) is 11.3 Å². The molecule has 0 saturated heterocycles. The Hall–Kier alpha value is -0.410. The minimum absolute atomic E-state index is 0.493. The molecule has 2 nitrogen and oxygen atoms in total. The summed E-state index contributed by atoms with van der Waals surface area (Å²) < 4.78 is 0. The molecule has 1 atom stereocenters. The van der Waals surface area contributed by atoms with E-state index in [-0.39, 0.29) is 0 Å². The summed E-state index contributed by atoms with van der Waals surface area (Å²) in [5, 5.41) is 4.86. The van der Waals surface area contributed by atoms with Crippen molar-refractivity contribution in [1.29, 1.82) is 0 Å². The highest BCUT2D eigenvalue weighted by Crippen LogP contribution is 2.59. The Bertz CT molecular complexity index is 393. The van der Waals surface area contributed by atoms with Crippen LogP contribution in [0.25, 0.3) is 0 Å². The van der Waals surface area contributed by atoms with Gasteiger partial charge in [-0.2, -0.15) is 0 Å². The summed E-state index contributed by atoms with van der Waals surface area (Å²) in [6.45, 7) is 13.4. The minimum Gasteiger partial charge on any atom is -0.312 e. The van der Waals surface area contributed by atoms with Crippen LogP contribution in [-0.4, -0.2) is 11.5 Å². The summed E-state index contributed by atoms with van der Waals surface area (Å²) in [5.74, 6) is 1.43. The molecule has 0 amide bonds. The van der Waals surface area contributed by atoms with Crippen molar-refractivity contribution in [3.8, 4) is 0 Å². The summed E-state index contributed by atoms with van der Waals surface area (Å²) in [5.41, 5.74) is 1.72. The number of thiazole rings is 1. The van der Waals surface area contributed by atoms with E-state index in [2.05, 4.69) is 39.9 Å². The third-order valence-corrected chi connectivity index (χ3v) is 4.83. The van der Waals surface area contributed by atoms with Gasteiger partial charge in [-0.25, -0.2) is 4.98 Å². The summed E-state index contributed by atoms with van der Waals surface area (Å²) >= 11 is 1.91. The van der Waals surface area contributed by atoms with E-state index in [1.807, 2.05) is 11.3 Å². The second-order valence-corrected chi connectivity index (χ2v) is 7.45. The topological polar surface area (TPSA) is 24.9 Å². The van der Waals surface area contributed by atoms with Crippen LogP contribution in [0.2, 0.25) is 0 Å². The molecule has 1 aliphatic rings. The number of hydrogen-bond acceptors (Lipinski definition) is 3. The number of hydrogen-bond donors (Lipinski definition) is 1. The predicted octanol–water partition coefficient (Wildman–Crippen LogP) is 3.71. The number of aromatic nitrogens is 1. The van der Waals surface area contributed by atoms with E-state index in [1.165, 1.54) is 22.0 Å². The van der Waals surface area contributed by atoms with Gasteiger partial charge in [0, 0.05) is 17.3 Å². The Morgan fingerprint density at radius 2 is 2.12 bits per heavy atom. The molecule has 0 spiro atoms. The van der Waals surface area contributed by atoms with Crippen LogP contribution in [0.1, 0.15) is 55.6 Å².